The van der Waals surface area contributed by atoms with Gasteiger partial charge >= 0.3 is 0 Å². The van der Waals surface area contributed by atoms with Gasteiger partial charge in [-0.25, -0.2) is 15.0 Å². The van der Waals surface area contributed by atoms with E-state index < -0.39 is 0 Å². The number of para-hydroxylation sites is 1. The molecule has 4 aromatic heterocycles. The van der Waals surface area contributed by atoms with Gasteiger partial charge in [0.2, 0.25) is 0 Å². The SMILES string of the molecule is C#CCc1c(/C=C\C)sc2cccc(C(=C)/C=C\c3oc4ccccc4c3Cc3nc(-c4ccccc4)nc(-c4cccc5c4sc4ccccc45)n3)c12. The summed E-state index contributed by atoms with van der Waals surface area (Å²) in [5, 5.41) is 4.62. The summed E-state index contributed by atoms with van der Waals surface area (Å²) >= 11 is 3.53. The van der Waals surface area contributed by atoms with Gasteiger partial charge < -0.3 is 4.42 Å². The number of thiophene rings is 2. The third-order valence-corrected chi connectivity index (χ3v) is 12.0. The first-order valence-electron chi connectivity index (χ1n) is 17.8. The van der Waals surface area contributed by atoms with Crippen molar-refractivity contribution in [1.82, 2.24) is 15.0 Å². The van der Waals surface area contributed by atoms with E-state index in [1.165, 1.54) is 25.0 Å². The standard InChI is InChI=1S/C48H33N3OS2/c1-4-15-36-41(16-5-2)53-43-26-14-21-32(45(36)43)30(3)27-28-40-38(33-19-9-11-24-39(33)52-40)29-44-49-47(31-17-7-6-8-18-31)51-48(50-44)37-23-13-22-35-34-20-10-12-25-42(34)54-46(35)37/h1,5-14,16-28H,3,15,29H2,2H3/b16-5-,28-27-. The second-order valence-corrected chi connectivity index (χ2v) is 15.2. The molecule has 4 heterocycles. The normalized spacial score (nSPS) is 11.9. The summed E-state index contributed by atoms with van der Waals surface area (Å²) in [6.07, 6.45) is 15.1. The first kappa shape index (κ1) is 33.4. The van der Waals surface area contributed by atoms with Crippen molar-refractivity contribution < 1.29 is 4.42 Å². The molecule has 0 radical (unpaired) electrons. The Morgan fingerprint density at radius 3 is 2.33 bits per heavy atom. The van der Waals surface area contributed by atoms with Gasteiger partial charge in [0.15, 0.2) is 11.6 Å². The number of aromatic nitrogens is 3. The molecular weight excluding hydrogens is 699 g/mol. The maximum Gasteiger partial charge on any atom is 0.165 e. The fraction of sp³-hybridized carbons (Fsp3) is 0.0625. The zero-order chi connectivity index (χ0) is 36.6. The Hall–Kier alpha value is -6.39. The van der Waals surface area contributed by atoms with Gasteiger partial charge in [0.05, 0.1) is 0 Å². The third kappa shape index (κ3) is 6.04. The van der Waals surface area contributed by atoms with Crippen molar-refractivity contribution in [1.29, 1.82) is 0 Å². The topological polar surface area (TPSA) is 51.8 Å². The maximum atomic E-state index is 6.53. The summed E-state index contributed by atoms with van der Waals surface area (Å²) < 4.78 is 10.1. The molecule has 0 amide bonds. The minimum absolute atomic E-state index is 0.444. The smallest absolute Gasteiger partial charge is 0.165 e. The van der Waals surface area contributed by atoms with Crippen LogP contribution in [0.3, 0.4) is 0 Å². The second kappa shape index (κ2) is 14.2. The Kier molecular flexibility index (Phi) is 8.80. The van der Waals surface area contributed by atoms with Crippen molar-refractivity contribution in [3.63, 3.8) is 0 Å². The Balaban J connectivity index is 1.15. The first-order valence-corrected chi connectivity index (χ1v) is 19.4. The van der Waals surface area contributed by atoms with Crippen LogP contribution in [0, 0.1) is 12.3 Å². The van der Waals surface area contributed by atoms with Crippen LogP contribution >= 0.6 is 22.7 Å². The Morgan fingerprint density at radius 1 is 0.741 bits per heavy atom. The van der Waals surface area contributed by atoms with Crippen LogP contribution in [0.2, 0.25) is 0 Å². The van der Waals surface area contributed by atoms with Gasteiger partial charge in [-0.1, -0.05) is 110 Å². The summed E-state index contributed by atoms with van der Waals surface area (Å²) in [6, 6.07) is 39.5. The molecule has 0 spiro atoms. The van der Waals surface area contributed by atoms with Crippen LogP contribution in [0.15, 0.2) is 138 Å². The number of rotatable bonds is 9. The van der Waals surface area contributed by atoms with Crippen molar-refractivity contribution in [3.8, 4) is 35.1 Å². The molecule has 9 rings (SSSR count). The van der Waals surface area contributed by atoms with Gasteiger partial charge in [0.25, 0.3) is 0 Å². The summed E-state index contributed by atoms with van der Waals surface area (Å²) in [5.74, 6) is 5.56. The largest absolute Gasteiger partial charge is 0.456 e. The molecule has 0 saturated heterocycles. The summed E-state index contributed by atoms with van der Waals surface area (Å²) in [6.45, 7) is 6.55. The van der Waals surface area contributed by atoms with E-state index in [1.807, 2.05) is 67.6 Å². The van der Waals surface area contributed by atoms with E-state index in [0.29, 0.717) is 30.3 Å². The van der Waals surface area contributed by atoms with Gasteiger partial charge in [-0.3, -0.25) is 0 Å². The third-order valence-electron chi connectivity index (χ3n) is 9.65. The molecule has 6 heteroatoms. The fourth-order valence-corrected chi connectivity index (χ4v) is 9.61. The van der Waals surface area contributed by atoms with Crippen molar-refractivity contribution in [3.05, 3.63) is 167 Å². The minimum atomic E-state index is 0.444. The van der Waals surface area contributed by atoms with Crippen LogP contribution in [-0.2, 0) is 12.8 Å². The van der Waals surface area contributed by atoms with Crippen molar-refractivity contribution >= 4 is 81.6 Å². The lowest BCUT2D eigenvalue weighted by molar-refractivity contribution is 0.599. The van der Waals surface area contributed by atoms with E-state index in [4.69, 9.17) is 25.8 Å². The maximum absolute atomic E-state index is 6.53. The predicted molar refractivity (Wildman–Crippen MR) is 230 cm³/mol. The first-order chi connectivity index (χ1) is 26.6. The molecule has 0 aliphatic heterocycles. The highest BCUT2D eigenvalue weighted by Gasteiger charge is 2.20. The molecule has 0 bridgehead atoms. The fourth-order valence-electron chi connectivity index (χ4n) is 7.18. The molecular formula is C48H33N3OS2. The predicted octanol–water partition coefficient (Wildman–Crippen LogP) is 13.1. The molecule has 0 atom stereocenters. The molecule has 258 valence electrons. The van der Waals surface area contributed by atoms with E-state index in [1.54, 1.807) is 22.7 Å². The van der Waals surface area contributed by atoms with Crippen LogP contribution in [-0.4, -0.2) is 15.0 Å². The number of terminal acetylenes is 1. The number of hydrogen-bond donors (Lipinski definition) is 0. The van der Waals surface area contributed by atoms with Crippen LogP contribution in [0.1, 0.15) is 40.1 Å². The molecule has 4 nitrogen and oxygen atoms in total. The van der Waals surface area contributed by atoms with Crippen LogP contribution in [0.5, 0.6) is 0 Å². The summed E-state index contributed by atoms with van der Waals surface area (Å²) in [7, 11) is 0. The van der Waals surface area contributed by atoms with E-state index in [0.717, 1.165) is 60.2 Å². The van der Waals surface area contributed by atoms with E-state index in [9.17, 15) is 0 Å². The van der Waals surface area contributed by atoms with Crippen molar-refractivity contribution in [2.75, 3.05) is 0 Å². The van der Waals surface area contributed by atoms with Gasteiger partial charge in [0, 0.05) is 70.1 Å². The van der Waals surface area contributed by atoms with Crippen LogP contribution < -0.4 is 0 Å². The molecule has 0 aliphatic rings. The highest BCUT2D eigenvalue weighted by atomic mass is 32.1. The van der Waals surface area contributed by atoms with Crippen LogP contribution in [0.4, 0.5) is 0 Å². The highest BCUT2D eigenvalue weighted by molar-refractivity contribution is 7.26. The molecule has 9 aromatic rings. The zero-order valence-corrected chi connectivity index (χ0v) is 31.2. The molecule has 0 N–H and O–H groups in total. The Morgan fingerprint density at radius 2 is 1.48 bits per heavy atom. The molecule has 0 aliphatic carbocycles. The number of nitrogens with zero attached hydrogens (tertiary/aromatic N) is 3. The van der Waals surface area contributed by atoms with E-state index >= 15 is 0 Å². The molecule has 0 saturated carbocycles. The van der Waals surface area contributed by atoms with E-state index in [2.05, 4.69) is 91.4 Å². The number of furan rings is 1. The van der Waals surface area contributed by atoms with E-state index in [-0.39, 0.29) is 0 Å². The minimum Gasteiger partial charge on any atom is -0.456 e. The lowest BCUT2D eigenvalue weighted by atomic mass is 9.97. The summed E-state index contributed by atoms with van der Waals surface area (Å²) in [5.41, 5.74) is 6.83. The average molecular weight is 732 g/mol. The lowest BCUT2D eigenvalue weighted by Gasteiger charge is -2.09. The highest BCUT2D eigenvalue weighted by Crippen LogP contribution is 2.40. The zero-order valence-electron chi connectivity index (χ0n) is 29.5. The number of benzene rings is 5. The van der Waals surface area contributed by atoms with Crippen molar-refractivity contribution in [2.24, 2.45) is 0 Å². The van der Waals surface area contributed by atoms with Gasteiger partial charge in [-0.15, -0.1) is 35.0 Å². The molecule has 54 heavy (non-hydrogen) atoms. The Bertz CT molecular complexity index is 2990. The van der Waals surface area contributed by atoms with Gasteiger partial charge in [-0.05, 0) is 60.0 Å². The van der Waals surface area contributed by atoms with Gasteiger partial charge in [-0.2, -0.15) is 0 Å². The number of fused-ring (bicyclic) bond motifs is 5. The molecule has 0 fully saturated rings. The van der Waals surface area contributed by atoms with Crippen LogP contribution in [0.25, 0.3) is 81.7 Å². The van der Waals surface area contributed by atoms with Gasteiger partial charge in [0.1, 0.15) is 17.2 Å². The molecule has 0 unspecified atom stereocenters. The van der Waals surface area contributed by atoms with Crippen molar-refractivity contribution in [2.45, 2.75) is 19.8 Å². The lowest BCUT2D eigenvalue weighted by Crippen LogP contribution is -2.04. The second-order valence-electron chi connectivity index (χ2n) is 13.0. The monoisotopic (exact) mass is 731 g/mol. The molecule has 5 aromatic carbocycles. The Labute approximate surface area is 321 Å². The number of allylic oxidation sites excluding steroid dienone is 3. The quantitative estimate of drug-likeness (QED) is 0.110. The average Bonchev–Trinajstić information content (AvgIpc) is 3.88. The number of hydrogen-bond acceptors (Lipinski definition) is 6. The summed E-state index contributed by atoms with van der Waals surface area (Å²) in [4.78, 5) is 16.5.